The minimum atomic E-state index is -0.607. The van der Waals surface area contributed by atoms with Crippen LogP contribution in [-0.2, 0) is 11.4 Å². The molecule has 110 valence electrons. The van der Waals surface area contributed by atoms with Gasteiger partial charge in [0.25, 0.3) is 5.91 Å². The number of carbonyl (C=O) groups is 1. The molecule has 0 aliphatic rings. The molecule has 5 heteroatoms. The van der Waals surface area contributed by atoms with Crippen molar-refractivity contribution < 1.29 is 19.0 Å². The summed E-state index contributed by atoms with van der Waals surface area (Å²) >= 11 is 0. The third-order valence-electron chi connectivity index (χ3n) is 2.84. The Balaban J connectivity index is 1.92. The minimum Gasteiger partial charge on any atom is -0.481 e. The summed E-state index contributed by atoms with van der Waals surface area (Å²) in [6.07, 6.45) is 0. The fourth-order valence-corrected chi connectivity index (χ4v) is 1.82. The number of hydrogen-bond donors (Lipinski definition) is 2. The first-order valence-corrected chi connectivity index (χ1v) is 6.47. The van der Waals surface area contributed by atoms with E-state index in [9.17, 15) is 9.18 Å². The van der Waals surface area contributed by atoms with Crippen molar-refractivity contribution >= 4 is 11.6 Å². The van der Waals surface area contributed by atoms with Gasteiger partial charge in [-0.3, -0.25) is 4.79 Å². The summed E-state index contributed by atoms with van der Waals surface area (Å²) in [5, 5.41) is 11.6. The van der Waals surface area contributed by atoms with Crippen LogP contribution in [-0.4, -0.2) is 17.6 Å². The highest BCUT2D eigenvalue weighted by Gasteiger charge is 2.08. The minimum absolute atomic E-state index is 0.0217. The summed E-state index contributed by atoms with van der Waals surface area (Å²) in [6, 6.07) is 11.4. The molecule has 0 aliphatic carbocycles. The summed E-state index contributed by atoms with van der Waals surface area (Å²) in [6.45, 7) is 1.39. The predicted molar refractivity (Wildman–Crippen MR) is 77.6 cm³/mol. The molecule has 0 aliphatic heterocycles. The van der Waals surface area contributed by atoms with Crippen molar-refractivity contribution in [1.82, 2.24) is 0 Å². The van der Waals surface area contributed by atoms with Gasteiger partial charge in [0.1, 0.15) is 0 Å². The molecule has 0 spiro atoms. The Morgan fingerprint density at radius 2 is 2.10 bits per heavy atom. The molecule has 2 N–H and O–H groups in total. The molecular weight excluding hydrogens is 273 g/mol. The first-order chi connectivity index (χ1) is 10.1. The van der Waals surface area contributed by atoms with Gasteiger partial charge in [0.05, 0.1) is 6.61 Å². The van der Waals surface area contributed by atoms with Crippen LogP contribution in [0, 0.1) is 12.7 Å². The highest BCUT2D eigenvalue weighted by molar-refractivity contribution is 5.91. The summed E-state index contributed by atoms with van der Waals surface area (Å²) in [5.41, 5.74) is 2.14. The maximum Gasteiger partial charge on any atom is 0.262 e. The lowest BCUT2D eigenvalue weighted by atomic mass is 10.2. The second-order valence-corrected chi connectivity index (χ2v) is 4.63. The first-order valence-electron chi connectivity index (χ1n) is 6.47. The number of aryl methyl sites for hydroxylation is 1. The molecular formula is C16H16FNO3. The largest absolute Gasteiger partial charge is 0.481 e. The molecule has 1 amide bonds. The van der Waals surface area contributed by atoms with Gasteiger partial charge >= 0.3 is 0 Å². The Hall–Kier alpha value is -2.40. The number of anilines is 1. The van der Waals surface area contributed by atoms with Crippen molar-refractivity contribution in [3.05, 3.63) is 59.4 Å². The van der Waals surface area contributed by atoms with Crippen molar-refractivity contribution in [2.75, 3.05) is 11.9 Å². The van der Waals surface area contributed by atoms with Gasteiger partial charge < -0.3 is 15.2 Å². The van der Waals surface area contributed by atoms with Gasteiger partial charge in [-0.25, -0.2) is 4.39 Å². The van der Waals surface area contributed by atoms with Gasteiger partial charge in [-0.1, -0.05) is 18.2 Å². The molecule has 0 aromatic heterocycles. The number of rotatable bonds is 5. The van der Waals surface area contributed by atoms with Crippen LogP contribution in [0.3, 0.4) is 0 Å². The quantitative estimate of drug-likeness (QED) is 0.889. The predicted octanol–water partition coefficient (Wildman–Crippen LogP) is 2.64. The second kappa shape index (κ2) is 6.85. The van der Waals surface area contributed by atoms with E-state index >= 15 is 0 Å². The molecule has 2 aromatic rings. The topological polar surface area (TPSA) is 58.6 Å². The Bertz CT molecular complexity index is 643. The van der Waals surface area contributed by atoms with Crippen molar-refractivity contribution in [3.63, 3.8) is 0 Å². The molecule has 4 nitrogen and oxygen atoms in total. The third-order valence-corrected chi connectivity index (χ3v) is 2.84. The SMILES string of the molecule is Cc1cccc(NC(=O)COc2ccc(CO)cc2F)c1. The number of halogens is 1. The van der Waals surface area contributed by atoms with Crippen molar-refractivity contribution in [1.29, 1.82) is 0 Å². The monoisotopic (exact) mass is 289 g/mol. The lowest BCUT2D eigenvalue weighted by Gasteiger charge is -2.09. The fourth-order valence-electron chi connectivity index (χ4n) is 1.82. The number of aliphatic hydroxyl groups excluding tert-OH is 1. The van der Waals surface area contributed by atoms with Crippen LogP contribution in [0.5, 0.6) is 5.75 Å². The van der Waals surface area contributed by atoms with E-state index in [0.29, 0.717) is 11.3 Å². The standard InChI is InChI=1S/C16H16FNO3/c1-11-3-2-4-13(7-11)18-16(20)10-21-15-6-5-12(9-19)8-14(15)17/h2-8,19H,9-10H2,1H3,(H,18,20). The van der Waals surface area contributed by atoms with Crippen LogP contribution in [0.25, 0.3) is 0 Å². The van der Waals surface area contributed by atoms with Crippen LogP contribution < -0.4 is 10.1 Å². The maximum atomic E-state index is 13.6. The molecule has 0 bridgehead atoms. The zero-order chi connectivity index (χ0) is 15.2. The molecule has 21 heavy (non-hydrogen) atoms. The van der Waals surface area contributed by atoms with Gasteiger partial charge in [0.15, 0.2) is 18.2 Å². The molecule has 0 saturated carbocycles. The molecule has 0 atom stereocenters. The number of carbonyl (C=O) groups excluding carboxylic acids is 1. The fraction of sp³-hybridized carbons (Fsp3) is 0.188. The highest BCUT2D eigenvalue weighted by atomic mass is 19.1. The van der Waals surface area contributed by atoms with Crippen LogP contribution >= 0.6 is 0 Å². The smallest absolute Gasteiger partial charge is 0.262 e. The van der Waals surface area contributed by atoms with Crippen LogP contribution in [0.15, 0.2) is 42.5 Å². The molecule has 2 rings (SSSR count). The van der Waals surface area contributed by atoms with E-state index in [1.54, 1.807) is 6.07 Å². The van der Waals surface area contributed by atoms with Crippen molar-refractivity contribution in [2.24, 2.45) is 0 Å². The van der Waals surface area contributed by atoms with Gasteiger partial charge in [-0.05, 0) is 42.3 Å². The van der Waals surface area contributed by atoms with E-state index in [0.717, 1.165) is 5.56 Å². The van der Waals surface area contributed by atoms with Crippen molar-refractivity contribution in [2.45, 2.75) is 13.5 Å². The van der Waals surface area contributed by atoms with Gasteiger partial charge in [-0.2, -0.15) is 0 Å². The number of amides is 1. The van der Waals surface area contributed by atoms with Gasteiger partial charge in [0.2, 0.25) is 0 Å². The van der Waals surface area contributed by atoms with E-state index in [2.05, 4.69) is 5.32 Å². The Morgan fingerprint density at radius 1 is 1.29 bits per heavy atom. The summed E-state index contributed by atoms with van der Waals surface area (Å²) in [5.74, 6) is -0.997. The van der Waals surface area contributed by atoms with E-state index < -0.39 is 5.82 Å². The van der Waals surface area contributed by atoms with Crippen molar-refractivity contribution in [3.8, 4) is 5.75 Å². The lowest BCUT2D eigenvalue weighted by Crippen LogP contribution is -2.20. The van der Waals surface area contributed by atoms with Gasteiger partial charge in [0, 0.05) is 5.69 Å². The number of hydrogen-bond acceptors (Lipinski definition) is 3. The van der Waals surface area contributed by atoms with E-state index in [-0.39, 0.29) is 24.9 Å². The van der Waals surface area contributed by atoms with Crippen LogP contribution in [0.4, 0.5) is 10.1 Å². The zero-order valence-electron chi connectivity index (χ0n) is 11.6. The number of benzene rings is 2. The van der Waals surface area contributed by atoms with Crippen LogP contribution in [0.1, 0.15) is 11.1 Å². The zero-order valence-corrected chi connectivity index (χ0v) is 11.6. The molecule has 0 heterocycles. The molecule has 0 unspecified atom stereocenters. The summed E-state index contributed by atoms with van der Waals surface area (Å²) in [4.78, 5) is 11.7. The average molecular weight is 289 g/mol. The third kappa shape index (κ3) is 4.29. The Labute approximate surface area is 122 Å². The van der Waals surface area contributed by atoms with E-state index in [1.165, 1.54) is 18.2 Å². The van der Waals surface area contributed by atoms with E-state index in [1.807, 2.05) is 25.1 Å². The summed E-state index contributed by atoms with van der Waals surface area (Å²) < 4.78 is 18.7. The first kappa shape index (κ1) is 15.0. The molecule has 0 fully saturated rings. The molecule has 2 aromatic carbocycles. The number of ether oxygens (including phenoxy) is 1. The average Bonchev–Trinajstić information content (AvgIpc) is 2.46. The highest BCUT2D eigenvalue weighted by Crippen LogP contribution is 2.18. The Morgan fingerprint density at radius 3 is 2.76 bits per heavy atom. The normalized spacial score (nSPS) is 10.2. The Kier molecular flexibility index (Phi) is 4.90. The maximum absolute atomic E-state index is 13.6. The van der Waals surface area contributed by atoms with Gasteiger partial charge in [-0.15, -0.1) is 0 Å². The molecule has 0 radical (unpaired) electrons. The number of aliphatic hydroxyl groups is 1. The lowest BCUT2D eigenvalue weighted by molar-refractivity contribution is -0.118. The molecule has 0 saturated heterocycles. The van der Waals surface area contributed by atoms with Crippen LogP contribution in [0.2, 0.25) is 0 Å². The van der Waals surface area contributed by atoms with E-state index in [4.69, 9.17) is 9.84 Å². The number of nitrogens with one attached hydrogen (secondary N) is 1. The second-order valence-electron chi connectivity index (χ2n) is 4.63. The summed E-state index contributed by atoms with van der Waals surface area (Å²) in [7, 11) is 0.